The van der Waals surface area contributed by atoms with Crippen molar-refractivity contribution in [1.82, 2.24) is 10.0 Å². The number of unbranched alkanes of at least 4 members (excludes halogenated alkanes) is 1. The van der Waals surface area contributed by atoms with Crippen molar-refractivity contribution in [2.45, 2.75) is 26.4 Å². The Bertz CT molecular complexity index is 837. The third kappa shape index (κ3) is 4.99. The number of hydrazine groups is 1. The van der Waals surface area contributed by atoms with Crippen LogP contribution in [0.5, 0.6) is 0 Å². The summed E-state index contributed by atoms with van der Waals surface area (Å²) >= 11 is 5.32. The minimum Gasteiger partial charge on any atom is -0.470 e. The maximum atomic E-state index is 12.8. The van der Waals surface area contributed by atoms with E-state index in [-0.39, 0.29) is 17.0 Å². The van der Waals surface area contributed by atoms with Gasteiger partial charge in [-0.3, -0.25) is 9.59 Å². The molecule has 0 N–H and O–H groups in total. The van der Waals surface area contributed by atoms with Gasteiger partial charge in [0.25, 0.3) is 17.0 Å². The summed E-state index contributed by atoms with van der Waals surface area (Å²) in [6.07, 6.45) is 1.46. The Hall–Kier alpha value is -2.77. The highest BCUT2D eigenvalue weighted by Gasteiger charge is 2.40. The zero-order valence-corrected chi connectivity index (χ0v) is 17.2. The number of ether oxygens (including phenoxy) is 2. The van der Waals surface area contributed by atoms with Crippen LogP contribution >= 0.6 is 12.2 Å². The number of rotatable bonds is 9. The van der Waals surface area contributed by atoms with Crippen molar-refractivity contribution >= 4 is 29.2 Å². The highest BCUT2D eigenvalue weighted by Crippen LogP contribution is 2.25. The van der Waals surface area contributed by atoms with Crippen molar-refractivity contribution in [3.05, 3.63) is 71.3 Å². The molecule has 6 nitrogen and oxygen atoms in total. The molecule has 1 aliphatic rings. The van der Waals surface area contributed by atoms with Gasteiger partial charge in [0.05, 0.1) is 24.3 Å². The molecule has 3 rings (SSSR count). The lowest BCUT2D eigenvalue weighted by Gasteiger charge is -2.31. The van der Waals surface area contributed by atoms with Gasteiger partial charge in [-0.25, -0.2) is 5.01 Å². The Balaban J connectivity index is 1.56. The van der Waals surface area contributed by atoms with Gasteiger partial charge in [-0.05, 0) is 49.7 Å². The molecule has 0 saturated carbocycles. The van der Waals surface area contributed by atoms with Crippen molar-refractivity contribution in [2.24, 2.45) is 0 Å². The van der Waals surface area contributed by atoms with E-state index in [1.54, 1.807) is 24.3 Å². The van der Waals surface area contributed by atoms with Crippen LogP contribution in [0.2, 0.25) is 0 Å². The van der Waals surface area contributed by atoms with Crippen molar-refractivity contribution in [2.75, 3.05) is 19.8 Å². The first kappa shape index (κ1) is 21.0. The maximum Gasteiger partial charge on any atom is 0.280 e. The summed E-state index contributed by atoms with van der Waals surface area (Å²) in [5.41, 5.74) is 1.89. The monoisotopic (exact) mass is 412 g/mol. The number of hydrogen-bond donors (Lipinski definition) is 0. The van der Waals surface area contributed by atoms with Gasteiger partial charge in [-0.1, -0.05) is 42.5 Å². The number of carbonyl (C=O) groups is 2. The lowest BCUT2D eigenvalue weighted by atomic mass is 10.1. The molecule has 0 bridgehead atoms. The van der Waals surface area contributed by atoms with Crippen LogP contribution < -0.4 is 0 Å². The number of benzene rings is 2. The molecule has 0 fully saturated rings. The molecule has 0 unspecified atom stereocenters. The minimum absolute atomic E-state index is 0.118. The van der Waals surface area contributed by atoms with E-state index in [1.807, 2.05) is 37.3 Å². The molecule has 1 heterocycles. The Morgan fingerprint density at radius 3 is 2.21 bits per heavy atom. The number of hydrogen-bond acceptors (Lipinski definition) is 5. The van der Waals surface area contributed by atoms with Crippen LogP contribution in [0.3, 0.4) is 0 Å². The Kier molecular flexibility index (Phi) is 7.32. The second kappa shape index (κ2) is 10.1. The van der Waals surface area contributed by atoms with Crippen LogP contribution in [0.15, 0.2) is 54.6 Å². The molecule has 0 saturated heterocycles. The molecule has 1 aliphatic heterocycles. The maximum absolute atomic E-state index is 12.8. The van der Waals surface area contributed by atoms with E-state index < -0.39 is 0 Å². The van der Waals surface area contributed by atoms with Crippen LogP contribution in [0.4, 0.5) is 0 Å². The third-order valence-corrected chi connectivity index (χ3v) is 4.84. The molecule has 29 heavy (non-hydrogen) atoms. The molecular weight excluding hydrogens is 388 g/mol. The summed E-state index contributed by atoms with van der Waals surface area (Å²) in [5, 5.41) is 2.67. The van der Waals surface area contributed by atoms with Gasteiger partial charge >= 0.3 is 0 Å². The topological polar surface area (TPSA) is 59.1 Å². The van der Waals surface area contributed by atoms with Crippen molar-refractivity contribution in [3.8, 4) is 0 Å². The van der Waals surface area contributed by atoms with Gasteiger partial charge < -0.3 is 9.47 Å². The average molecular weight is 413 g/mol. The predicted molar refractivity (Wildman–Crippen MR) is 113 cm³/mol. The van der Waals surface area contributed by atoms with Gasteiger partial charge in [0.15, 0.2) is 0 Å². The lowest BCUT2D eigenvalue weighted by molar-refractivity contribution is 0.0203. The zero-order chi connectivity index (χ0) is 20.6. The molecule has 2 aromatic carbocycles. The molecule has 7 heteroatoms. The van der Waals surface area contributed by atoms with E-state index in [0.717, 1.165) is 17.0 Å². The molecule has 0 spiro atoms. The Labute approximate surface area is 176 Å². The molecule has 2 amide bonds. The molecule has 0 atom stereocenters. The SMILES string of the molecule is CCOC(=S)N(CCCCOCc1ccccc1)N1C(=O)c2ccccc2C1=O. The van der Waals surface area contributed by atoms with Gasteiger partial charge in [-0.15, -0.1) is 0 Å². The van der Waals surface area contributed by atoms with E-state index in [4.69, 9.17) is 21.7 Å². The number of imide groups is 1. The number of amides is 2. The molecule has 2 aromatic rings. The van der Waals surface area contributed by atoms with Crippen LogP contribution in [-0.4, -0.2) is 46.8 Å². The standard InChI is InChI=1S/C22H24N2O4S/c1-2-28-22(29)23(14-8-9-15-27-16-17-10-4-3-5-11-17)24-20(25)18-12-6-7-13-19(18)21(24)26/h3-7,10-13H,2,8-9,14-16H2,1H3. The fourth-order valence-electron chi connectivity index (χ4n) is 3.10. The van der Waals surface area contributed by atoms with E-state index in [2.05, 4.69) is 0 Å². The summed E-state index contributed by atoms with van der Waals surface area (Å²) in [4.78, 5) is 25.5. The fourth-order valence-corrected chi connectivity index (χ4v) is 3.39. The highest BCUT2D eigenvalue weighted by atomic mass is 32.1. The number of carbonyl (C=O) groups excluding carboxylic acids is 2. The largest absolute Gasteiger partial charge is 0.470 e. The van der Waals surface area contributed by atoms with Crippen LogP contribution in [-0.2, 0) is 16.1 Å². The van der Waals surface area contributed by atoms with E-state index in [0.29, 0.717) is 43.9 Å². The molecule has 0 aromatic heterocycles. The van der Waals surface area contributed by atoms with Crippen molar-refractivity contribution in [3.63, 3.8) is 0 Å². The first-order valence-electron chi connectivity index (χ1n) is 9.67. The van der Waals surface area contributed by atoms with E-state index in [1.165, 1.54) is 5.01 Å². The summed E-state index contributed by atoms with van der Waals surface area (Å²) < 4.78 is 11.1. The number of nitrogens with zero attached hydrogens (tertiary/aromatic N) is 2. The summed E-state index contributed by atoms with van der Waals surface area (Å²) in [7, 11) is 0. The highest BCUT2D eigenvalue weighted by molar-refractivity contribution is 7.80. The molecule has 0 aliphatic carbocycles. The molecule has 0 radical (unpaired) electrons. The molecule has 152 valence electrons. The van der Waals surface area contributed by atoms with Crippen LogP contribution in [0, 0.1) is 0 Å². The molecular formula is C22H24N2O4S. The van der Waals surface area contributed by atoms with Crippen molar-refractivity contribution in [1.29, 1.82) is 0 Å². The second-order valence-corrected chi connectivity index (χ2v) is 6.88. The number of thiocarbonyl (C=S) groups is 1. The minimum atomic E-state index is -0.381. The number of fused-ring (bicyclic) bond motifs is 1. The second-order valence-electron chi connectivity index (χ2n) is 6.54. The van der Waals surface area contributed by atoms with Crippen LogP contribution in [0.1, 0.15) is 46.0 Å². The first-order valence-corrected chi connectivity index (χ1v) is 10.1. The van der Waals surface area contributed by atoms with E-state index >= 15 is 0 Å². The Morgan fingerprint density at radius 1 is 0.966 bits per heavy atom. The quantitative estimate of drug-likeness (QED) is 0.355. The fraction of sp³-hybridized carbons (Fsp3) is 0.318. The normalized spacial score (nSPS) is 12.8. The van der Waals surface area contributed by atoms with Gasteiger partial charge in [0.2, 0.25) is 0 Å². The van der Waals surface area contributed by atoms with Gasteiger partial charge in [-0.2, -0.15) is 5.01 Å². The van der Waals surface area contributed by atoms with E-state index in [9.17, 15) is 9.59 Å². The summed E-state index contributed by atoms with van der Waals surface area (Å²) in [5.74, 6) is -0.763. The first-order chi connectivity index (χ1) is 14.1. The third-order valence-electron chi connectivity index (χ3n) is 4.51. The Morgan fingerprint density at radius 2 is 1.59 bits per heavy atom. The smallest absolute Gasteiger partial charge is 0.280 e. The van der Waals surface area contributed by atoms with Gasteiger partial charge in [0.1, 0.15) is 0 Å². The van der Waals surface area contributed by atoms with Crippen molar-refractivity contribution < 1.29 is 19.1 Å². The van der Waals surface area contributed by atoms with Crippen LogP contribution in [0.25, 0.3) is 0 Å². The zero-order valence-electron chi connectivity index (χ0n) is 16.4. The average Bonchev–Trinajstić information content (AvgIpc) is 2.99. The summed E-state index contributed by atoms with van der Waals surface area (Å²) in [6.45, 7) is 3.69. The summed E-state index contributed by atoms with van der Waals surface area (Å²) in [6, 6.07) is 16.7. The lowest BCUT2D eigenvalue weighted by Crippen LogP contribution is -2.50. The predicted octanol–water partition coefficient (Wildman–Crippen LogP) is 3.82. The van der Waals surface area contributed by atoms with Gasteiger partial charge in [0, 0.05) is 13.2 Å².